The Labute approximate surface area is 171 Å². The zero-order valence-corrected chi connectivity index (χ0v) is 17.1. The molecule has 11 heteroatoms. The van der Waals surface area contributed by atoms with Gasteiger partial charge in [0.25, 0.3) is 5.92 Å². The van der Waals surface area contributed by atoms with E-state index in [1.54, 1.807) is 6.20 Å². The van der Waals surface area contributed by atoms with E-state index in [0.29, 0.717) is 5.65 Å². The van der Waals surface area contributed by atoms with Gasteiger partial charge in [0, 0.05) is 11.6 Å². The predicted molar refractivity (Wildman–Crippen MR) is 105 cm³/mol. The number of H-pyrrole nitrogens is 1. The first kappa shape index (κ1) is 18.6. The normalized spacial score (nSPS) is 31.4. The van der Waals surface area contributed by atoms with Gasteiger partial charge in [-0.25, -0.2) is 22.2 Å². The van der Waals surface area contributed by atoms with Gasteiger partial charge in [-0.2, -0.15) is 4.31 Å². The second-order valence-corrected chi connectivity index (χ2v) is 11.3. The Morgan fingerprint density at radius 3 is 2.43 bits per heavy atom. The predicted octanol–water partition coefficient (Wildman–Crippen LogP) is 2.48. The Morgan fingerprint density at radius 1 is 1.07 bits per heavy atom. The minimum Gasteiger partial charge on any atom is -0.345 e. The van der Waals surface area contributed by atoms with Crippen LogP contribution in [-0.2, 0) is 15.4 Å². The molecule has 8 nitrogen and oxygen atoms in total. The number of alkyl halides is 2. The minimum atomic E-state index is -3.66. The van der Waals surface area contributed by atoms with E-state index in [2.05, 4.69) is 24.6 Å². The molecule has 0 radical (unpaired) electrons. The Bertz CT molecular complexity index is 1230. The fourth-order valence-corrected chi connectivity index (χ4v) is 7.84. The summed E-state index contributed by atoms with van der Waals surface area (Å²) in [6.45, 7) is -1.36. The van der Waals surface area contributed by atoms with Gasteiger partial charge in [0.15, 0.2) is 11.3 Å². The highest BCUT2D eigenvalue weighted by Gasteiger charge is 2.56. The molecule has 3 aliphatic carbocycles. The third-order valence-electron chi connectivity index (χ3n) is 7.52. The van der Waals surface area contributed by atoms with Crippen LogP contribution in [0.15, 0.2) is 18.5 Å². The molecule has 4 heterocycles. The van der Waals surface area contributed by atoms with E-state index in [4.69, 9.17) is 0 Å². The highest BCUT2D eigenvalue weighted by atomic mass is 32.2. The smallest absolute Gasteiger partial charge is 0.275 e. The van der Waals surface area contributed by atoms with Crippen molar-refractivity contribution in [2.24, 2.45) is 5.41 Å². The van der Waals surface area contributed by atoms with Crippen molar-refractivity contribution in [2.45, 2.75) is 49.9 Å². The standard InChI is InChI=1S/C19H22F2N6O2S/c20-19(21)10-26(11-19)30(28,29)12-17-2-5-18(6-3-17,7-4-17)16-25-24-14-9-23-15-13(27(14)16)1-8-22-15/h1,8-9,22H,2-7,10-12H2. The van der Waals surface area contributed by atoms with Crippen LogP contribution in [0.3, 0.4) is 0 Å². The van der Waals surface area contributed by atoms with Gasteiger partial charge in [0.2, 0.25) is 10.0 Å². The van der Waals surface area contributed by atoms with Crippen LogP contribution in [0.25, 0.3) is 16.8 Å². The van der Waals surface area contributed by atoms with Crippen molar-refractivity contribution in [3.8, 4) is 0 Å². The molecule has 1 N–H and O–H groups in total. The third kappa shape index (κ3) is 2.57. The lowest BCUT2D eigenvalue weighted by Crippen LogP contribution is -2.60. The summed E-state index contributed by atoms with van der Waals surface area (Å²) in [5.74, 6) is -1.99. The number of aromatic amines is 1. The molecule has 0 unspecified atom stereocenters. The van der Waals surface area contributed by atoms with Crippen LogP contribution in [0.1, 0.15) is 44.3 Å². The number of hydrogen-bond donors (Lipinski definition) is 1. The van der Waals surface area contributed by atoms with Crippen molar-refractivity contribution in [2.75, 3.05) is 18.8 Å². The van der Waals surface area contributed by atoms with E-state index in [1.165, 1.54) is 0 Å². The largest absolute Gasteiger partial charge is 0.345 e. The summed E-state index contributed by atoms with van der Waals surface area (Å²) in [4.78, 5) is 7.49. The van der Waals surface area contributed by atoms with Crippen LogP contribution in [0.4, 0.5) is 8.78 Å². The summed E-state index contributed by atoms with van der Waals surface area (Å²) < 4.78 is 54.8. The van der Waals surface area contributed by atoms with Gasteiger partial charge in [0.05, 0.1) is 30.6 Å². The molecule has 1 saturated heterocycles. The number of aromatic nitrogens is 5. The summed E-state index contributed by atoms with van der Waals surface area (Å²) in [7, 11) is -3.66. The zero-order valence-electron chi connectivity index (χ0n) is 16.3. The molecule has 2 bridgehead atoms. The fourth-order valence-electron chi connectivity index (χ4n) is 5.68. The molecular weight excluding hydrogens is 414 g/mol. The van der Waals surface area contributed by atoms with Gasteiger partial charge in [-0.05, 0) is 50.0 Å². The number of halogens is 2. The molecule has 1 aliphatic heterocycles. The van der Waals surface area contributed by atoms with Crippen molar-refractivity contribution < 1.29 is 17.2 Å². The Hall–Kier alpha value is -2.14. The molecule has 4 aliphatic rings. The first-order valence-electron chi connectivity index (χ1n) is 10.2. The Kier molecular flexibility index (Phi) is 3.57. The van der Waals surface area contributed by atoms with Crippen LogP contribution < -0.4 is 0 Å². The highest BCUT2D eigenvalue weighted by Crippen LogP contribution is 2.58. The van der Waals surface area contributed by atoms with Gasteiger partial charge in [0.1, 0.15) is 5.82 Å². The maximum Gasteiger partial charge on any atom is 0.275 e. The zero-order chi connectivity index (χ0) is 20.8. The molecule has 7 rings (SSSR count). The molecule has 0 atom stereocenters. The maximum absolute atomic E-state index is 13.2. The van der Waals surface area contributed by atoms with Crippen LogP contribution in [-0.4, -0.2) is 62.1 Å². The first-order valence-corrected chi connectivity index (χ1v) is 11.9. The average molecular weight is 436 g/mol. The second-order valence-electron chi connectivity index (χ2n) is 9.35. The second kappa shape index (κ2) is 5.76. The van der Waals surface area contributed by atoms with E-state index >= 15 is 0 Å². The molecular formula is C19H22F2N6O2S. The van der Waals surface area contributed by atoms with E-state index in [0.717, 1.165) is 59.8 Å². The number of hydrogen-bond acceptors (Lipinski definition) is 5. The number of nitrogens with zero attached hydrogens (tertiary/aromatic N) is 5. The molecule has 3 saturated carbocycles. The van der Waals surface area contributed by atoms with Crippen molar-refractivity contribution >= 4 is 26.8 Å². The van der Waals surface area contributed by atoms with E-state index in [-0.39, 0.29) is 16.6 Å². The Morgan fingerprint density at radius 2 is 1.77 bits per heavy atom. The molecule has 3 aromatic heterocycles. The van der Waals surface area contributed by atoms with Crippen LogP contribution in [0.2, 0.25) is 0 Å². The number of fused-ring (bicyclic) bond motifs is 6. The summed E-state index contributed by atoms with van der Waals surface area (Å²) in [6.07, 6.45) is 8.30. The summed E-state index contributed by atoms with van der Waals surface area (Å²) >= 11 is 0. The monoisotopic (exact) mass is 436 g/mol. The van der Waals surface area contributed by atoms with Gasteiger partial charge < -0.3 is 4.98 Å². The molecule has 0 aromatic carbocycles. The first-order chi connectivity index (χ1) is 14.2. The van der Waals surface area contributed by atoms with Crippen LogP contribution in [0, 0.1) is 5.41 Å². The molecule has 0 spiro atoms. The molecule has 30 heavy (non-hydrogen) atoms. The van der Waals surface area contributed by atoms with E-state index < -0.39 is 29.0 Å². The van der Waals surface area contributed by atoms with Gasteiger partial charge in [-0.3, -0.25) is 4.40 Å². The number of rotatable bonds is 4. The summed E-state index contributed by atoms with van der Waals surface area (Å²) in [6, 6.07) is 1.96. The molecule has 4 fully saturated rings. The van der Waals surface area contributed by atoms with Crippen molar-refractivity contribution in [1.82, 2.24) is 28.9 Å². The van der Waals surface area contributed by atoms with Gasteiger partial charge in [-0.1, -0.05) is 0 Å². The Balaban J connectivity index is 1.28. The van der Waals surface area contributed by atoms with E-state index in [1.807, 2.05) is 12.3 Å². The van der Waals surface area contributed by atoms with Crippen molar-refractivity contribution in [1.29, 1.82) is 0 Å². The van der Waals surface area contributed by atoms with Crippen molar-refractivity contribution in [3.63, 3.8) is 0 Å². The average Bonchev–Trinajstić information content (AvgIpc) is 3.33. The number of nitrogens with one attached hydrogen (secondary N) is 1. The summed E-state index contributed by atoms with van der Waals surface area (Å²) in [5.41, 5.74) is 1.95. The van der Waals surface area contributed by atoms with Gasteiger partial charge in [-0.15, -0.1) is 10.2 Å². The van der Waals surface area contributed by atoms with Crippen LogP contribution in [0.5, 0.6) is 0 Å². The lowest BCUT2D eigenvalue weighted by Gasteiger charge is -2.53. The third-order valence-corrected chi connectivity index (χ3v) is 9.54. The number of sulfonamides is 1. The highest BCUT2D eigenvalue weighted by molar-refractivity contribution is 7.89. The lowest BCUT2D eigenvalue weighted by atomic mass is 9.54. The summed E-state index contributed by atoms with van der Waals surface area (Å²) in [5, 5.41) is 8.86. The topological polar surface area (TPSA) is 96.2 Å². The SMILES string of the molecule is O=S(=O)(CC12CCC(c3nnc4cnc5[nH]ccc5n34)(CC1)CC2)N1CC(F)(F)C1. The quantitative estimate of drug-likeness (QED) is 0.678. The molecule has 160 valence electrons. The van der Waals surface area contributed by atoms with Crippen LogP contribution >= 0.6 is 0 Å². The molecule has 3 aromatic rings. The van der Waals surface area contributed by atoms with E-state index in [9.17, 15) is 17.2 Å². The molecule has 0 amide bonds. The minimum absolute atomic E-state index is 0.0291. The van der Waals surface area contributed by atoms with Gasteiger partial charge >= 0.3 is 0 Å². The maximum atomic E-state index is 13.2. The lowest BCUT2D eigenvalue weighted by molar-refractivity contribution is -0.0950. The van der Waals surface area contributed by atoms with Crippen molar-refractivity contribution in [3.05, 3.63) is 24.3 Å². The fraction of sp³-hybridized carbons (Fsp3) is 0.632.